The van der Waals surface area contributed by atoms with Crippen molar-refractivity contribution in [2.75, 3.05) is 26.4 Å². The van der Waals surface area contributed by atoms with Gasteiger partial charge < -0.3 is 29.2 Å². The van der Waals surface area contributed by atoms with Gasteiger partial charge in [0.25, 0.3) is 0 Å². The molecule has 6 aromatic rings. The number of para-hydroxylation sites is 6. The molecule has 0 fully saturated rings. The third-order valence-corrected chi connectivity index (χ3v) is 9.74. The lowest BCUT2D eigenvalue weighted by Gasteiger charge is -2.20. The highest BCUT2D eigenvalue weighted by Crippen LogP contribution is 2.38. The van der Waals surface area contributed by atoms with Gasteiger partial charge in [-0.25, -0.2) is 0 Å². The van der Waals surface area contributed by atoms with Crippen LogP contribution in [0.2, 0.25) is 0 Å². The molecule has 6 heteroatoms. The first-order valence-electron chi connectivity index (χ1n) is 17.8. The number of phenolic OH excluding ortho intramolecular Hbond substituents is 2. The zero-order valence-electron chi connectivity index (χ0n) is 28.9. The first-order chi connectivity index (χ1) is 25.6. The molecule has 2 heterocycles. The lowest BCUT2D eigenvalue weighted by molar-refractivity contribution is 0.214. The summed E-state index contributed by atoms with van der Waals surface area (Å²) in [5.74, 6) is 3.48. The number of fused-ring (bicyclic) bond motifs is 6. The smallest absolute Gasteiger partial charge is 0.126 e. The topological polar surface area (TPSA) is 77.4 Å². The minimum Gasteiger partial charge on any atom is -0.507 e. The monoisotopic (exact) mass is 688 g/mol. The number of rotatable bonds is 0. The fourth-order valence-electron chi connectivity index (χ4n) is 7.15. The number of ether oxygens (including phenoxy) is 4. The van der Waals surface area contributed by atoms with Crippen LogP contribution in [-0.2, 0) is 25.7 Å². The van der Waals surface area contributed by atoms with E-state index in [2.05, 4.69) is 0 Å². The Morgan fingerprint density at radius 1 is 0.327 bits per heavy atom. The summed E-state index contributed by atoms with van der Waals surface area (Å²) in [5, 5.41) is 23.4. The van der Waals surface area contributed by atoms with Crippen LogP contribution in [0, 0.1) is 0 Å². The Kier molecular flexibility index (Phi) is 9.53. The average molecular weight is 689 g/mol. The predicted molar refractivity (Wildman–Crippen MR) is 204 cm³/mol. The van der Waals surface area contributed by atoms with Crippen LogP contribution in [0.3, 0.4) is 0 Å². The molecule has 10 bridgehead atoms. The van der Waals surface area contributed by atoms with Gasteiger partial charge in [-0.15, -0.1) is 0 Å². The Morgan fingerprint density at radius 3 is 1.00 bits per heavy atom. The van der Waals surface area contributed by atoms with Gasteiger partial charge in [0.05, 0.1) is 0 Å². The molecular weight excluding hydrogens is 649 g/mol. The molecule has 0 amide bonds. The van der Waals surface area contributed by atoms with E-state index in [9.17, 15) is 10.2 Å². The molecule has 260 valence electrons. The van der Waals surface area contributed by atoms with Crippen molar-refractivity contribution in [2.45, 2.75) is 25.7 Å². The molecule has 1 aliphatic carbocycles. The maximum atomic E-state index is 11.7. The lowest BCUT2D eigenvalue weighted by atomic mass is 9.91. The highest BCUT2D eigenvalue weighted by Gasteiger charge is 2.20. The molecule has 2 aliphatic heterocycles. The van der Waals surface area contributed by atoms with E-state index in [1.54, 1.807) is 0 Å². The Morgan fingerprint density at radius 2 is 0.635 bits per heavy atom. The molecule has 9 rings (SSSR count). The second-order valence-corrected chi connectivity index (χ2v) is 13.2. The third-order valence-electron chi connectivity index (χ3n) is 9.74. The number of phenols is 2. The van der Waals surface area contributed by atoms with Gasteiger partial charge in [0.15, 0.2) is 0 Å². The van der Waals surface area contributed by atoms with Crippen molar-refractivity contribution in [1.29, 1.82) is 0 Å². The molecule has 0 saturated carbocycles. The normalized spacial score (nSPS) is 14.8. The van der Waals surface area contributed by atoms with E-state index < -0.39 is 0 Å². The number of hydrogen-bond acceptors (Lipinski definition) is 6. The van der Waals surface area contributed by atoms with Crippen LogP contribution in [0.15, 0.2) is 121 Å². The molecular formula is C46H40O6. The summed E-state index contributed by atoms with van der Waals surface area (Å²) in [6, 6.07) is 39.9. The van der Waals surface area contributed by atoms with Crippen LogP contribution < -0.4 is 18.9 Å². The van der Waals surface area contributed by atoms with E-state index in [0.29, 0.717) is 52.1 Å². The van der Waals surface area contributed by atoms with Crippen LogP contribution in [0.25, 0.3) is 12.2 Å². The Balaban J connectivity index is 1.27. The zero-order chi connectivity index (χ0) is 35.3. The standard InChI is InChI=1S/C46H40O6/c47-43-33-11-5-13-35(43)29-39-17-8-18-40-30-36-14-6-12-34(44(36)48)28-38-16-7-15-37(27-33)45(38)51-25-23-49-41-19-3-1-9-31(41)21-22-32-10-2-4-20-42(32)50-24-26-52-46(39)40/h1-22,47-48H,23-30H2/b22-21+. The van der Waals surface area contributed by atoms with Crippen LogP contribution >= 0.6 is 0 Å². The average Bonchev–Trinajstić information content (AvgIpc) is 3.16. The predicted octanol–water partition coefficient (Wildman–Crippen LogP) is 9.17. The molecule has 0 aromatic heterocycles. The Hall–Kier alpha value is -6.14. The maximum Gasteiger partial charge on any atom is 0.126 e. The lowest BCUT2D eigenvalue weighted by Crippen LogP contribution is -2.12. The van der Waals surface area contributed by atoms with Crippen molar-refractivity contribution >= 4 is 12.2 Å². The van der Waals surface area contributed by atoms with Crippen LogP contribution in [0.4, 0.5) is 0 Å². The second-order valence-electron chi connectivity index (χ2n) is 13.2. The minimum atomic E-state index is 0.260. The highest BCUT2D eigenvalue weighted by atomic mass is 16.5. The summed E-state index contributed by atoms with van der Waals surface area (Å²) in [6.45, 7) is 1.24. The zero-order valence-corrected chi connectivity index (χ0v) is 28.9. The molecule has 0 atom stereocenters. The molecule has 0 radical (unpaired) electrons. The number of aromatic hydroxyl groups is 2. The van der Waals surface area contributed by atoms with Crippen molar-refractivity contribution in [1.82, 2.24) is 0 Å². The summed E-state index contributed by atoms with van der Waals surface area (Å²) in [6.07, 6.45) is 5.93. The van der Waals surface area contributed by atoms with Gasteiger partial charge in [0, 0.05) is 36.8 Å². The van der Waals surface area contributed by atoms with Crippen LogP contribution in [0.5, 0.6) is 34.5 Å². The van der Waals surface area contributed by atoms with E-state index in [1.807, 2.05) is 133 Å². The number of benzene rings is 6. The van der Waals surface area contributed by atoms with E-state index in [-0.39, 0.29) is 11.5 Å². The minimum absolute atomic E-state index is 0.260. The molecule has 0 spiro atoms. The van der Waals surface area contributed by atoms with Gasteiger partial charge in [-0.05, 0) is 56.6 Å². The first-order valence-corrected chi connectivity index (χ1v) is 17.8. The maximum absolute atomic E-state index is 11.7. The van der Waals surface area contributed by atoms with Gasteiger partial charge in [0.2, 0.25) is 0 Å². The number of hydrogen-bond donors (Lipinski definition) is 2. The largest absolute Gasteiger partial charge is 0.507 e. The van der Waals surface area contributed by atoms with Crippen molar-refractivity contribution in [3.8, 4) is 34.5 Å². The van der Waals surface area contributed by atoms with Crippen molar-refractivity contribution < 1.29 is 29.2 Å². The molecule has 52 heavy (non-hydrogen) atoms. The molecule has 0 unspecified atom stereocenters. The quantitative estimate of drug-likeness (QED) is 0.166. The van der Waals surface area contributed by atoms with Gasteiger partial charge in [-0.2, -0.15) is 0 Å². The fraction of sp³-hybridized carbons (Fsp3) is 0.174. The SMILES string of the molecule is Oc1c2cccc1Cc1cccc3c1OCCOc1ccccc1/C=C/c1ccccc1OCCOc1c(cccc1Cc1cccc(c1O)C3)C2. The Labute approximate surface area is 304 Å². The highest BCUT2D eigenvalue weighted by molar-refractivity contribution is 5.75. The molecule has 6 nitrogen and oxygen atoms in total. The van der Waals surface area contributed by atoms with Gasteiger partial charge >= 0.3 is 0 Å². The third kappa shape index (κ3) is 7.06. The van der Waals surface area contributed by atoms with Crippen molar-refractivity contribution in [3.05, 3.63) is 177 Å². The van der Waals surface area contributed by atoms with Gasteiger partial charge in [-0.1, -0.05) is 121 Å². The Bertz CT molecular complexity index is 2010. The fourth-order valence-corrected chi connectivity index (χ4v) is 7.15. The first kappa shape index (κ1) is 33.0. The van der Waals surface area contributed by atoms with Crippen LogP contribution in [0.1, 0.15) is 55.6 Å². The summed E-state index contributed by atoms with van der Waals surface area (Å²) >= 11 is 0. The van der Waals surface area contributed by atoms with E-state index >= 15 is 0 Å². The molecule has 2 N–H and O–H groups in total. The molecule has 0 saturated heterocycles. The van der Waals surface area contributed by atoms with E-state index in [0.717, 1.165) is 78.6 Å². The van der Waals surface area contributed by atoms with E-state index in [4.69, 9.17) is 18.9 Å². The second kappa shape index (κ2) is 15.0. The summed E-state index contributed by atoms with van der Waals surface area (Å²) in [4.78, 5) is 0. The molecule has 3 aliphatic rings. The summed E-state index contributed by atoms with van der Waals surface area (Å²) in [5.41, 5.74) is 8.86. The van der Waals surface area contributed by atoms with Gasteiger partial charge in [-0.3, -0.25) is 0 Å². The van der Waals surface area contributed by atoms with Crippen molar-refractivity contribution in [2.24, 2.45) is 0 Å². The molecule has 6 aromatic carbocycles. The van der Waals surface area contributed by atoms with Crippen molar-refractivity contribution in [3.63, 3.8) is 0 Å². The van der Waals surface area contributed by atoms with Crippen LogP contribution in [-0.4, -0.2) is 36.6 Å². The van der Waals surface area contributed by atoms with E-state index in [1.165, 1.54) is 0 Å². The summed E-state index contributed by atoms with van der Waals surface area (Å²) < 4.78 is 25.8. The summed E-state index contributed by atoms with van der Waals surface area (Å²) in [7, 11) is 0. The van der Waals surface area contributed by atoms with Gasteiger partial charge in [0.1, 0.15) is 60.9 Å².